The highest BCUT2D eigenvalue weighted by Crippen LogP contribution is 2.68. The smallest absolute Gasteiger partial charge is 0.293 e. The van der Waals surface area contributed by atoms with E-state index in [0.717, 1.165) is 34.7 Å². The van der Waals surface area contributed by atoms with E-state index < -0.39 is 90.1 Å². The van der Waals surface area contributed by atoms with Gasteiger partial charge in [-0.1, -0.05) is 23.5 Å². The minimum absolute atomic E-state index is 0.0115. The molecule has 0 spiro atoms. The fourth-order valence-corrected chi connectivity index (χ4v) is 8.65. The molecule has 0 radical (unpaired) electrons. The Labute approximate surface area is 356 Å². The van der Waals surface area contributed by atoms with Crippen molar-refractivity contribution in [1.29, 1.82) is 5.41 Å². The molecule has 6 aromatic rings. The Hall–Kier alpha value is -5.99. The lowest BCUT2D eigenvalue weighted by Crippen LogP contribution is -2.38. The normalized spacial score (nSPS) is 16.6. The summed E-state index contributed by atoms with van der Waals surface area (Å²) in [5.41, 5.74) is -2.32. The third kappa shape index (κ3) is 7.53. The lowest BCUT2D eigenvalue weighted by Gasteiger charge is -2.25. The van der Waals surface area contributed by atoms with Gasteiger partial charge in [0.15, 0.2) is 5.65 Å². The van der Waals surface area contributed by atoms with Crippen molar-refractivity contribution >= 4 is 52.0 Å². The number of benzene rings is 3. The maximum Gasteiger partial charge on any atom is 0.293 e. The average molecular weight is 900 g/mol. The van der Waals surface area contributed by atoms with Crippen LogP contribution < -0.4 is 20.9 Å². The van der Waals surface area contributed by atoms with Crippen LogP contribution in [0.2, 0.25) is 5.02 Å². The lowest BCUT2D eigenvalue weighted by molar-refractivity contribution is -0.123. The zero-order valence-corrected chi connectivity index (χ0v) is 33.9. The number of hydrogen-bond donors (Lipinski definition) is 5. The van der Waals surface area contributed by atoms with E-state index in [-0.39, 0.29) is 73.5 Å². The molecule has 62 heavy (non-hydrogen) atoms. The number of nitrogens with zero attached hydrogens (tertiary/aromatic N) is 5. The van der Waals surface area contributed by atoms with Gasteiger partial charge in [0.1, 0.15) is 47.0 Å². The number of carbonyl (C=O) groups excluding carboxylic acids is 1. The summed E-state index contributed by atoms with van der Waals surface area (Å²) in [5.74, 6) is -9.83. The molecule has 3 aromatic carbocycles. The molecule has 0 saturated heterocycles. The van der Waals surface area contributed by atoms with E-state index in [2.05, 4.69) is 25.4 Å². The summed E-state index contributed by atoms with van der Waals surface area (Å²) < 4.78 is 107. The van der Waals surface area contributed by atoms with Gasteiger partial charge in [0, 0.05) is 48.4 Å². The van der Waals surface area contributed by atoms with E-state index in [9.17, 15) is 36.6 Å². The Morgan fingerprint density at radius 2 is 1.81 bits per heavy atom. The summed E-state index contributed by atoms with van der Waals surface area (Å²) >= 11 is 7.68. The topological polar surface area (TPSA) is 163 Å². The highest BCUT2D eigenvalue weighted by atomic mass is 35.5. The van der Waals surface area contributed by atoms with Crippen molar-refractivity contribution in [2.24, 2.45) is 5.92 Å². The molecule has 1 fully saturated rings. The molecular weight excluding hydrogens is 867 g/mol. The lowest BCUT2D eigenvalue weighted by atomic mass is 10.0. The molecule has 1 saturated carbocycles. The molecule has 3 atom stereocenters. The number of halogens is 8. The first-order chi connectivity index (χ1) is 29.6. The number of pyridine rings is 1. The summed E-state index contributed by atoms with van der Waals surface area (Å²) in [6.45, 7) is -1.63. The Morgan fingerprint density at radius 3 is 2.48 bits per heavy atom. The third-order valence-electron chi connectivity index (χ3n) is 10.8. The largest absolute Gasteiger partial charge is 0.392 e. The van der Waals surface area contributed by atoms with Crippen LogP contribution in [0.4, 0.5) is 36.4 Å². The second-order valence-corrected chi connectivity index (χ2v) is 15.7. The number of rotatable bonds is 13. The number of alkyl halides is 4. The Morgan fingerprint density at radius 1 is 1.06 bits per heavy atom. The zero-order chi connectivity index (χ0) is 44.4. The maximum absolute atomic E-state index is 15.5. The molecule has 0 aliphatic heterocycles. The molecule has 5 N–H and O–H groups in total. The van der Waals surface area contributed by atoms with Crippen molar-refractivity contribution in [1.82, 2.24) is 34.4 Å². The number of hydrogen-bond acceptors (Lipinski definition) is 9. The van der Waals surface area contributed by atoms with Gasteiger partial charge in [-0.05, 0) is 72.5 Å². The van der Waals surface area contributed by atoms with Gasteiger partial charge in [-0.25, -0.2) is 31.9 Å². The van der Waals surface area contributed by atoms with E-state index in [1.165, 1.54) is 43.4 Å². The van der Waals surface area contributed by atoms with Gasteiger partial charge in [-0.2, -0.15) is 13.9 Å². The molecule has 2 aliphatic rings. The van der Waals surface area contributed by atoms with Gasteiger partial charge in [-0.3, -0.25) is 24.2 Å². The summed E-state index contributed by atoms with van der Waals surface area (Å²) in [7, 11) is 1.49. The summed E-state index contributed by atoms with van der Waals surface area (Å²) in [6.07, 6.45) is -2.05. The summed E-state index contributed by atoms with van der Waals surface area (Å²) in [6, 6.07) is 10.5. The van der Waals surface area contributed by atoms with Crippen LogP contribution in [0.3, 0.4) is 0 Å². The van der Waals surface area contributed by atoms with Crippen molar-refractivity contribution in [3.05, 3.63) is 133 Å². The van der Waals surface area contributed by atoms with Crippen LogP contribution in [-0.4, -0.2) is 54.5 Å². The first kappa shape index (κ1) is 42.7. The van der Waals surface area contributed by atoms with E-state index in [1.54, 1.807) is 6.26 Å². The first-order valence-electron chi connectivity index (χ1n) is 18.8. The van der Waals surface area contributed by atoms with Crippen LogP contribution in [0.1, 0.15) is 64.3 Å². The molecule has 2 aliphatic carbocycles. The first-order valence-corrected chi connectivity index (χ1v) is 20.4. The number of nitrogens with one attached hydrogen (secondary N) is 4. The standard InChI is InChI=1S/C41H33ClF7N9O3S/c1-51-33-29(8-5-25(42)32(33)37(50)56-62-2)58-39(54-38-22(40(58)61)4-7-27(53-38)18-3-6-26(45)19(12-18)16-59)28(11-17-9-20(43)13-21(44)10-17)52-30(60)15-57-35-31(34(55-57)36(46)47)23-14-24(23)41(35,48)49/h3-10,12-13,23-24,28,36,51,59H,11,14-16H2,1-2H3,(H2,50,56)(H,52,60)/t23-,24?,28?/m0/s1. The molecule has 12 nitrogen and oxygen atoms in total. The van der Waals surface area contributed by atoms with E-state index >= 15 is 8.78 Å². The van der Waals surface area contributed by atoms with Crippen molar-refractivity contribution in [3.8, 4) is 16.9 Å². The van der Waals surface area contributed by atoms with Crippen LogP contribution in [0.5, 0.6) is 0 Å². The van der Waals surface area contributed by atoms with Gasteiger partial charge in [0.2, 0.25) is 5.91 Å². The van der Waals surface area contributed by atoms with Crippen molar-refractivity contribution in [2.45, 2.75) is 50.3 Å². The van der Waals surface area contributed by atoms with E-state index in [0.29, 0.717) is 16.3 Å². The number of carbonyl (C=O) groups is 1. The number of aliphatic hydroxyl groups is 1. The molecule has 322 valence electrons. The molecule has 1 amide bonds. The molecular formula is C41H33ClF7N9O3S. The van der Waals surface area contributed by atoms with Crippen LogP contribution >= 0.6 is 23.5 Å². The number of aliphatic hydroxyl groups excluding tert-OH is 1. The zero-order valence-electron chi connectivity index (χ0n) is 32.3. The number of amidine groups is 1. The molecule has 2 unspecified atom stereocenters. The molecule has 3 heterocycles. The predicted octanol–water partition coefficient (Wildman–Crippen LogP) is 7.69. The van der Waals surface area contributed by atoms with E-state index in [4.69, 9.17) is 22.0 Å². The molecule has 0 bridgehead atoms. The average Bonchev–Trinajstić information content (AvgIpc) is 3.88. The number of fused-ring (bicyclic) bond motifs is 4. The fourth-order valence-electron chi connectivity index (χ4n) is 8.09. The second-order valence-electron chi connectivity index (χ2n) is 14.7. The number of aromatic nitrogens is 5. The Kier molecular flexibility index (Phi) is 11.3. The highest BCUT2D eigenvalue weighted by Gasteiger charge is 2.67. The highest BCUT2D eigenvalue weighted by molar-refractivity contribution is 7.97. The van der Waals surface area contributed by atoms with Crippen molar-refractivity contribution < 1.29 is 40.6 Å². The minimum Gasteiger partial charge on any atom is -0.392 e. The second kappa shape index (κ2) is 16.4. The predicted molar refractivity (Wildman–Crippen MR) is 217 cm³/mol. The fraction of sp³-hybridized carbons (Fsp3) is 0.268. The van der Waals surface area contributed by atoms with Crippen molar-refractivity contribution in [3.63, 3.8) is 0 Å². The van der Waals surface area contributed by atoms with Crippen LogP contribution in [0.15, 0.2) is 65.5 Å². The van der Waals surface area contributed by atoms with Crippen LogP contribution in [0.25, 0.3) is 28.0 Å². The van der Waals surface area contributed by atoms with Gasteiger partial charge in [0.05, 0.1) is 45.7 Å². The molecule has 3 aromatic heterocycles. The van der Waals surface area contributed by atoms with Gasteiger partial charge >= 0.3 is 0 Å². The third-order valence-corrected chi connectivity index (χ3v) is 11.5. The summed E-state index contributed by atoms with van der Waals surface area (Å²) in [5, 5.41) is 27.7. The summed E-state index contributed by atoms with van der Waals surface area (Å²) in [4.78, 5) is 38.3. The van der Waals surface area contributed by atoms with Gasteiger partial charge in [0.25, 0.3) is 17.9 Å². The quantitative estimate of drug-likeness (QED) is 0.0339. The van der Waals surface area contributed by atoms with Gasteiger partial charge < -0.3 is 20.5 Å². The minimum atomic E-state index is -3.56. The molecule has 21 heteroatoms. The number of anilines is 1. The number of amides is 1. The Balaban J connectivity index is 1.34. The van der Waals surface area contributed by atoms with Crippen molar-refractivity contribution in [2.75, 3.05) is 18.6 Å². The monoisotopic (exact) mass is 899 g/mol. The molecule has 8 rings (SSSR count). The van der Waals surface area contributed by atoms with Crippen LogP contribution in [-0.2, 0) is 30.3 Å². The Bertz CT molecular complexity index is 2860. The van der Waals surface area contributed by atoms with Crippen LogP contribution in [0, 0.1) is 28.8 Å². The van der Waals surface area contributed by atoms with Gasteiger partial charge in [-0.15, -0.1) is 0 Å². The maximum atomic E-state index is 15.5. The van der Waals surface area contributed by atoms with E-state index in [1.807, 2.05) is 0 Å². The SMILES string of the molecule is CNc1c(-n2c(C(Cc3cc(F)cc(F)c3)NC(=O)Cn3nc(C(F)F)c4c3C(F)(F)C3C[C@H]43)nc3nc(-c4ccc(F)c(CO)c4)ccc3c2=O)ccc(Cl)c1C(=N)NSC.